The molecule has 2 aromatic rings. The zero-order chi connectivity index (χ0) is 16.0. The normalized spacial score (nSPS) is 21.3. The Morgan fingerprint density at radius 1 is 1.41 bits per heavy atom. The van der Waals surface area contributed by atoms with Gasteiger partial charge in [-0.15, -0.1) is 0 Å². The molecule has 6 heteroatoms. The predicted octanol–water partition coefficient (Wildman–Crippen LogP) is 2.67. The summed E-state index contributed by atoms with van der Waals surface area (Å²) in [6, 6.07) is 4.09. The van der Waals surface area contributed by atoms with Gasteiger partial charge in [0.05, 0.1) is 18.1 Å². The molecule has 3 heterocycles. The van der Waals surface area contributed by atoms with Crippen molar-refractivity contribution in [2.75, 3.05) is 18.1 Å². The molecule has 1 atom stereocenters. The highest BCUT2D eigenvalue weighted by Gasteiger charge is 2.29. The summed E-state index contributed by atoms with van der Waals surface area (Å²) in [4.78, 5) is 7.66. The first-order chi connectivity index (χ1) is 10.2. The minimum atomic E-state index is -2.87. The Hall–Kier alpha value is -1.56. The highest BCUT2D eigenvalue weighted by molar-refractivity contribution is 7.91. The van der Waals surface area contributed by atoms with Gasteiger partial charge < -0.3 is 9.72 Å². The van der Waals surface area contributed by atoms with Gasteiger partial charge in [0, 0.05) is 23.1 Å². The molecule has 22 heavy (non-hydrogen) atoms. The molecule has 0 radical (unpaired) electrons. The van der Waals surface area contributed by atoms with E-state index >= 15 is 0 Å². The van der Waals surface area contributed by atoms with Crippen LogP contribution in [0.5, 0.6) is 5.88 Å². The molecule has 1 unspecified atom stereocenters. The SMILES string of the molecule is CC(C)(C)c1cc2cc[nH]c2nc1OCC1CCS(=O)(=O)C1. The number of aromatic amines is 1. The monoisotopic (exact) mass is 322 g/mol. The van der Waals surface area contributed by atoms with Gasteiger partial charge in [-0.2, -0.15) is 4.98 Å². The van der Waals surface area contributed by atoms with Crippen molar-refractivity contribution in [2.45, 2.75) is 32.6 Å². The lowest BCUT2D eigenvalue weighted by Crippen LogP contribution is -2.18. The Balaban J connectivity index is 1.85. The average Bonchev–Trinajstić information content (AvgIpc) is 2.99. The van der Waals surface area contributed by atoms with Crippen molar-refractivity contribution in [3.63, 3.8) is 0 Å². The van der Waals surface area contributed by atoms with Gasteiger partial charge in [0.1, 0.15) is 5.65 Å². The molecule has 5 nitrogen and oxygen atoms in total. The summed E-state index contributed by atoms with van der Waals surface area (Å²) >= 11 is 0. The Bertz CT molecular complexity index is 787. The molecule has 1 aliphatic heterocycles. The van der Waals surface area contributed by atoms with Gasteiger partial charge in [-0.3, -0.25) is 0 Å². The van der Waals surface area contributed by atoms with Crippen molar-refractivity contribution < 1.29 is 13.2 Å². The number of ether oxygens (including phenoxy) is 1. The van der Waals surface area contributed by atoms with Crippen LogP contribution in [0, 0.1) is 5.92 Å². The van der Waals surface area contributed by atoms with Crippen molar-refractivity contribution in [2.24, 2.45) is 5.92 Å². The van der Waals surface area contributed by atoms with Gasteiger partial charge in [-0.1, -0.05) is 20.8 Å². The predicted molar refractivity (Wildman–Crippen MR) is 87.0 cm³/mol. The number of nitrogens with zero attached hydrogens (tertiary/aromatic N) is 1. The molecular weight excluding hydrogens is 300 g/mol. The van der Waals surface area contributed by atoms with Gasteiger partial charge in [-0.25, -0.2) is 8.42 Å². The Kier molecular flexibility index (Phi) is 3.67. The van der Waals surface area contributed by atoms with E-state index in [1.165, 1.54) is 0 Å². The lowest BCUT2D eigenvalue weighted by atomic mass is 9.87. The molecular formula is C16H22N2O3S. The van der Waals surface area contributed by atoms with Crippen LogP contribution in [-0.4, -0.2) is 36.5 Å². The van der Waals surface area contributed by atoms with Gasteiger partial charge in [-0.05, 0) is 24.0 Å². The summed E-state index contributed by atoms with van der Waals surface area (Å²) < 4.78 is 29.0. The molecule has 3 rings (SSSR count). The van der Waals surface area contributed by atoms with E-state index in [-0.39, 0.29) is 22.8 Å². The molecule has 2 aromatic heterocycles. The number of rotatable bonds is 3. The largest absolute Gasteiger partial charge is 0.477 e. The molecule has 120 valence electrons. The number of H-pyrrole nitrogens is 1. The Labute approximate surface area is 131 Å². The van der Waals surface area contributed by atoms with Crippen LogP contribution in [0.4, 0.5) is 0 Å². The maximum absolute atomic E-state index is 11.5. The van der Waals surface area contributed by atoms with Crippen LogP contribution in [0.15, 0.2) is 18.3 Å². The van der Waals surface area contributed by atoms with Crippen molar-refractivity contribution in [1.82, 2.24) is 9.97 Å². The van der Waals surface area contributed by atoms with E-state index < -0.39 is 9.84 Å². The fourth-order valence-electron chi connectivity index (χ4n) is 2.81. The van der Waals surface area contributed by atoms with E-state index in [2.05, 4.69) is 36.8 Å². The molecule has 0 saturated carbocycles. The number of sulfone groups is 1. The van der Waals surface area contributed by atoms with Crippen molar-refractivity contribution >= 4 is 20.9 Å². The summed E-state index contributed by atoms with van der Waals surface area (Å²) in [5.41, 5.74) is 1.75. The number of aromatic nitrogens is 2. The lowest BCUT2D eigenvalue weighted by molar-refractivity contribution is 0.249. The molecule has 0 bridgehead atoms. The third-order valence-corrected chi connectivity index (χ3v) is 5.93. The zero-order valence-corrected chi connectivity index (χ0v) is 14.0. The van der Waals surface area contributed by atoms with E-state index in [1.807, 2.05) is 12.3 Å². The topological polar surface area (TPSA) is 72.0 Å². The quantitative estimate of drug-likeness (QED) is 0.943. The Morgan fingerprint density at radius 2 is 2.18 bits per heavy atom. The minimum absolute atomic E-state index is 0.0685. The van der Waals surface area contributed by atoms with Crippen LogP contribution >= 0.6 is 0 Å². The molecule has 1 fully saturated rings. The Morgan fingerprint density at radius 3 is 2.82 bits per heavy atom. The fraction of sp³-hybridized carbons (Fsp3) is 0.562. The molecule has 0 amide bonds. The molecule has 1 aliphatic rings. The van der Waals surface area contributed by atoms with E-state index in [9.17, 15) is 8.42 Å². The maximum Gasteiger partial charge on any atom is 0.219 e. The van der Waals surface area contributed by atoms with Crippen LogP contribution in [0.25, 0.3) is 11.0 Å². The van der Waals surface area contributed by atoms with Crippen LogP contribution in [0.3, 0.4) is 0 Å². The van der Waals surface area contributed by atoms with Crippen molar-refractivity contribution in [1.29, 1.82) is 0 Å². The number of pyridine rings is 1. The number of nitrogens with one attached hydrogen (secondary N) is 1. The van der Waals surface area contributed by atoms with Crippen LogP contribution in [-0.2, 0) is 15.3 Å². The van der Waals surface area contributed by atoms with E-state index in [1.54, 1.807) is 0 Å². The molecule has 0 aliphatic carbocycles. The van der Waals surface area contributed by atoms with Crippen molar-refractivity contribution in [3.8, 4) is 5.88 Å². The number of hydrogen-bond donors (Lipinski definition) is 1. The maximum atomic E-state index is 11.5. The number of fused-ring (bicyclic) bond motifs is 1. The highest BCUT2D eigenvalue weighted by atomic mass is 32.2. The second-order valence-corrected chi connectivity index (χ2v) is 9.32. The second kappa shape index (κ2) is 5.26. The smallest absolute Gasteiger partial charge is 0.219 e. The first-order valence-electron chi connectivity index (χ1n) is 7.56. The van der Waals surface area contributed by atoms with Gasteiger partial charge in [0.15, 0.2) is 9.84 Å². The third kappa shape index (κ3) is 3.11. The summed E-state index contributed by atoms with van der Waals surface area (Å²) in [7, 11) is -2.87. The summed E-state index contributed by atoms with van der Waals surface area (Å²) in [6.45, 7) is 6.77. The molecule has 1 saturated heterocycles. The minimum Gasteiger partial charge on any atom is -0.477 e. The standard InChI is InChI=1S/C16H22N2O3S/c1-16(2,3)13-8-12-4-6-17-14(12)18-15(13)21-9-11-5-7-22(19,20)10-11/h4,6,8,11H,5,7,9-10H2,1-3H3,(H,17,18). The summed E-state index contributed by atoms with van der Waals surface area (Å²) in [5.74, 6) is 1.17. The van der Waals surface area contributed by atoms with E-state index in [4.69, 9.17) is 4.74 Å². The average molecular weight is 322 g/mol. The summed E-state index contributed by atoms with van der Waals surface area (Å²) in [6.07, 6.45) is 2.54. The lowest BCUT2D eigenvalue weighted by Gasteiger charge is -2.22. The second-order valence-electron chi connectivity index (χ2n) is 7.09. The van der Waals surface area contributed by atoms with Gasteiger partial charge in [0.2, 0.25) is 5.88 Å². The summed E-state index contributed by atoms with van der Waals surface area (Å²) in [5, 5.41) is 1.06. The van der Waals surface area contributed by atoms with Crippen LogP contribution in [0.1, 0.15) is 32.8 Å². The third-order valence-electron chi connectivity index (χ3n) is 4.09. The van der Waals surface area contributed by atoms with E-state index in [0.717, 1.165) is 16.6 Å². The van der Waals surface area contributed by atoms with Crippen molar-refractivity contribution in [3.05, 3.63) is 23.9 Å². The first-order valence-corrected chi connectivity index (χ1v) is 9.38. The highest BCUT2D eigenvalue weighted by Crippen LogP contribution is 2.33. The van der Waals surface area contributed by atoms with Gasteiger partial charge >= 0.3 is 0 Å². The number of hydrogen-bond acceptors (Lipinski definition) is 4. The van der Waals surface area contributed by atoms with Gasteiger partial charge in [0.25, 0.3) is 0 Å². The molecule has 1 N–H and O–H groups in total. The van der Waals surface area contributed by atoms with Crippen LogP contribution < -0.4 is 4.74 Å². The van der Waals surface area contributed by atoms with Crippen LogP contribution in [0.2, 0.25) is 0 Å². The zero-order valence-electron chi connectivity index (χ0n) is 13.2. The molecule has 0 spiro atoms. The molecule has 0 aromatic carbocycles. The fourth-order valence-corrected chi connectivity index (χ4v) is 4.65. The van der Waals surface area contributed by atoms with E-state index in [0.29, 0.717) is 18.9 Å². The first kappa shape index (κ1) is 15.3.